The molecule has 0 fully saturated rings. The number of alkyl halides is 1. The van der Waals surface area contributed by atoms with Gasteiger partial charge in [0.15, 0.2) is 11.6 Å². The van der Waals surface area contributed by atoms with Crippen molar-refractivity contribution in [2.24, 2.45) is 0 Å². The first-order valence-corrected chi connectivity index (χ1v) is 7.41. The molecule has 0 amide bonds. The van der Waals surface area contributed by atoms with E-state index in [9.17, 15) is 8.78 Å². The number of fused-ring (bicyclic) bond motifs is 1. The van der Waals surface area contributed by atoms with Gasteiger partial charge in [0.25, 0.3) is 0 Å². The van der Waals surface area contributed by atoms with E-state index < -0.39 is 11.6 Å². The molecule has 2 nitrogen and oxygen atoms in total. The van der Waals surface area contributed by atoms with Gasteiger partial charge < -0.3 is 0 Å². The van der Waals surface area contributed by atoms with Gasteiger partial charge in [-0.05, 0) is 46.9 Å². The van der Waals surface area contributed by atoms with Crippen LogP contribution in [0.4, 0.5) is 8.78 Å². The fourth-order valence-electron chi connectivity index (χ4n) is 2.13. The van der Waals surface area contributed by atoms with Gasteiger partial charge in [-0.3, -0.25) is 4.57 Å². The molecule has 1 heterocycles. The van der Waals surface area contributed by atoms with Gasteiger partial charge in [0.2, 0.25) is 0 Å². The largest absolute Gasteiger partial charge is 0.291 e. The van der Waals surface area contributed by atoms with Gasteiger partial charge in [0.1, 0.15) is 11.3 Å². The summed E-state index contributed by atoms with van der Waals surface area (Å²) in [6.07, 6.45) is 0. The molecule has 20 heavy (non-hydrogen) atoms. The van der Waals surface area contributed by atoms with Crippen molar-refractivity contribution in [3.8, 4) is 5.69 Å². The van der Waals surface area contributed by atoms with Crippen LogP contribution < -0.4 is 0 Å². The van der Waals surface area contributed by atoms with Crippen molar-refractivity contribution in [2.75, 3.05) is 0 Å². The molecule has 0 aliphatic carbocycles. The maximum Gasteiger partial charge on any atom is 0.185 e. The van der Waals surface area contributed by atoms with Crippen LogP contribution in [0.25, 0.3) is 16.7 Å². The minimum Gasteiger partial charge on any atom is -0.291 e. The first kappa shape index (κ1) is 13.8. The summed E-state index contributed by atoms with van der Waals surface area (Å²) in [6, 6.07) is 9.94. The summed E-state index contributed by atoms with van der Waals surface area (Å²) in [5.41, 5.74) is 1.24. The monoisotopic (exact) mass is 404 g/mol. The Bertz CT molecular complexity index is 801. The standard InChI is InChI=1S/C14H8ClF2IN2/c15-7-12-19-10-6-5-8(16)13(17)14(10)20(12)11-4-2-1-3-9(11)18/h1-6H,7H2. The topological polar surface area (TPSA) is 17.8 Å². The van der Waals surface area contributed by atoms with E-state index in [1.165, 1.54) is 6.07 Å². The second kappa shape index (κ2) is 5.29. The molecule has 102 valence electrons. The molecule has 0 atom stereocenters. The summed E-state index contributed by atoms with van der Waals surface area (Å²) in [5, 5.41) is 0. The van der Waals surface area contributed by atoms with E-state index in [1.807, 2.05) is 24.3 Å². The van der Waals surface area contributed by atoms with Crippen LogP contribution in [0, 0.1) is 15.2 Å². The highest BCUT2D eigenvalue weighted by Crippen LogP contribution is 2.28. The fraction of sp³-hybridized carbons (Fsp3) is 0.0714. The van der Waals surface area contributed by atoms with E-state index in [2.05, 4.69) is 27.6 Å². The molecule has 0 aliphatic heterocycles. The Morgan fingerprint density at radius 3 is 2.60 bits per heavy atom. The fourth-order valence-corrected chi connectivity index (χ4v) is 2.94. The average molecular weight is 405 g/mol. The predicted molar refractivity (Wildman–Crippen MR) is 83.3 cm³/mol. The van der Waals surface area contributed by atoms with E-state index >= 15 is 0 Å². The summed E-state index contributed by atoms with van der Waals surface area (Å²) in [6.45, 7) is 0. The van der Waals surface area contributed by atoms with Gasteiger partial charge in [0, 0.05) is 3.57 Å². The van der Waals surface area contributed by atoms with Gasteiger partial charge >= 0.3 is 0 Å². The smallest absolute Gasteiger partial charge is 0.185 e. The number of nitrogens with zero attached hydrogens (tertiary/aromatic N) is 2. The highest BCUT2D eigenvalue weighted by atomic mass is 127. The lowest BCUT2D eigenvalue weighted by atomic mass is 10.2. The van der Waals surface area contributed by atoms with Crippen molar-refractivity contribution in [1.29, 1.82) is 0 Å². The first-order valence-electron chi connectivity index (χ1n) is 5.79. The molecule has 0 unspecified atom stereocenters. The minimum atomic E-state index is -0.911. The number of benzene rings is 2. The normalized spacial score (nSPS) is 11.2. The minimum absolute atomic E-state index is 0.112. The second-order valence-electron chi connectivity index (χ2n) is 4.18. The first-order chi connectivity index (χ1) is 9.63. The summed E-state index contributed by atoms with van der Waals surface area (Å²) in [4.78, 5) is 4.27. The Hall–Kier alpha value is -1.21. The number of halogens is 4. The molecule has 1 aromatic heterocycles. The van der Waals surface area contributed by atoms with Crippen LogP contribution in [0.2, 0.25) is 0 Å². The summed E-state index contributed by atoms with van der Waals surface area (Å²) < 4.78 is 30.1. The number of hydrogen-bond donors (Lipinski definition) is 0. The number of aromatic nitrogens is 2. The van der Waals surface area contributed by atoms with Crippen molar-refractivity contribution in [1.82, 2.24) is 9.55 Å². The number of para-hydroxylation sites is 1. The molecule has 3 rings (SSSR count). The molecular formula is C14H8ClF2IN2. The van der Waals surface area contributed by atoms with Crippen LogP contribution in [0.1, 0.15) is 5.82 Å². The Kier molecular flexibility index (Phi) is 3.64. The lowest BCUT2D eigenvalue weighted by Gasteiger charge is -2.10. The molecule has 0 aliphatic rings. The molecule has 6 heteroatoms. The van der Waals surface area contributed by atoms with E-state index in [0.29, 0.717) is 11.3 Å². The van der Waals surface area contributed by atoms with Crippen molar-refractivity contribution < 1.29 is 8.78 Å². The number of rotatable bonds is 2. The zero-order chi connectivity index (χ0) is 14.3. The Morgan fingerprint density at radius 2 is 1.90 bits per heavy atom. The lowest BCUT2D eigenvalue weighted by Crippen LogP contribution is -2.03. The number of hydrogen-bond acceptors (Lipinski definition) is 1. The molecular weight excluding hydrogens is 397 g/mol. The van der Waals surface area contributed by atoms with E-state index in [4.69, 9.17) is 11.6 Å². The zero-order valence-corrected chi connectivity index (χ0v) is 13.0. The quantitative estimate of drug-likeness (QED) is 0.449. The molecule has 0 saturated carbocycles. The second-order valence-corrected chi connectivity index (χ2v) is 5.61. The molecule has 2 aromatic carbocycles. The van der Waals surface area contributed by atoms with Crippen LogP contribution in [0.3, 0.4) is 0 Å². The van der Waals surface area contributed by atoms with Crippen LogP contribution in [-0.4, -0.2) is 9.55 Å². The average Bonchev–Trinajstić information content (AvgIpc) is 2.82. The maximum absolute atomic E-state index is 14.1. The lowest BCUT2D eigenvalue weighted by molar-refractivity contribution is 0.514. The van der Waals surface area contributed by atoms with Gasteiger partial charge in [-0.1, -0.05) is 12.1 Å². The van der Waals surface area contributed by atoms with Gasteiger partial charge in [-0.15, -0.1) is 11.6 Å². The van der Waals surface area contributed by atoms with Crippen LogP contribution in [0.5, 0.6) is 0 Å². The third-order valence-corrected chi connectivity index (χ3v) is 4.14. The van der Waals surface area contributed by atoms with Gasteiger partial charge in [0.05, 0.1) is 17.1 Å². The summed E-state index contributed by atoms with van der Waals surface area (Å²) >= 11 is 8.04. The Labute approximate surface area is 132 Å². The van der Waals surface area contributed by atoms with E-state index in [-0.39, 0.29) is 11.4 Å². The molecule has 0 radical (unpaired) electrons. The third kappa shape index (κ3) is 2.09. The van der Waals surface area contributed by atoms with Crippen molar-refractivity contribution in [3.63, 3.8) is 0 Å². The van der Waals surface area contributed by atoms with E-state index in [0.717, 1.165) is 15.3 Å². The highest BCUT2D eigenvalue weighted by Gasteiger charge is 2.19. The van der Waals surface area contributed by atoms with Crippen LogP contribution >= 0.6 is 34.2 Å². The zero-order valence-electron chi connectivity index (χ0n) is 10.1. The van der Waals surface area contributed by atoms with Crippen LogP contribution in [0.15, 0.2) is 36.4 Å². The maximum atomic E-state index is 14.1. The van der Waals surface area contributed by atoms with Crippen molar-refractivity contribution >= 4 is 45.2 Å². The highest BCUT2D eigenvalue weighted by molar-refractivity contribution is 14.1. The van der Waals surface area contributed by atoms with E-state index in [1.54, 1.807) is 4.57 Å². The molecule has 0 N–H and O–H groups in total. The van der Waals surface area contributed by atoms with Crippen molar-refractivity contribution in [2.45, 2.75) is 5.88 Å². The molecule has 0 bridgehead atoms. The molecule has 3 aromatic rings. The van der Waals surface area contributed by atoms with Gasteiger partial charge in [-0.25, -0.2) is 13.8 Å². The predicted octanol–water partition coefficient (Wildman–Crippen LogP) is 4.65. The molecule has 0 saturated heterocycles. The summed E-state index contributed by atoms with van der Waals surface area (Å²) in [5.74, 6) is -1.22. The van der Waals surface area contributed by atoms with Crippen molar-refractivity contribution in [3.05, 3.63) is 57.4 Å². The number of imidazole rings is 1. The molecule has 0 spiro atoms. The SMILES string of the molecule is Fc1ccc2nc(CCl)n(-c3ccccc3I)c2c1F. The summed E-state index contributed by atoms with van der Waals surface area (Å²) in [7, 11) is 0. The Balaban J connectivity index is 2.45. The third-order valence-electron chi connectivity index (χ3n) is 2.99. The van der Waals surface area contributed by atoms with Crippen LogP contribution in [-0.2, 0) is 5.88 Å². The van der Waals surface area contributed by atoms with Gasteiger partial charge in [-0.2, -0.15) is 0 Å². The Morgan fingerprint density at radius 1 is 1.15 bits per heavy atom.